The summed E-state index contributed by atoms with van der Waals surface area (Å²) in [4.78, 5) is 14.6. The van der Waals surface area contributed by atoms with Gasteiger partial charge in [-0.2, -0.15) is 18.3 Å². The Balaban J connectivity index is 2.06. The molecule has 0 spiro atoms. The average molecular weight is 315 g/mol. The Bertz CT molecular complexity index is 683. The molecule has 1 N–H and O–H groups in total. The van der Waals surface area contributed by atoms with E-state index in [1.165, 1.54) is 23.3 Å². The van der Waals surface area contributed by atoms with Gasteiger partial charge in [0.1, 0.15) is 0 Å². The average Bonchev–Trinajstić information content (AvgIpc) is 2.85. The van der Waals surface area contributed by atoms with Crippen LogP contribution >= 0.6 is 0 Å². The number of hydrogen-bond acceptors (Lipinski definition) is 4. The molecule has 2 aromatic rings. The first kappa shape index (κ1) is 15.8. The minimum Gasteiger partial charge on any atom is -0.478 e. The van der Waals surface area contributed by atoms with E-state index in [0.29, 0.717) is 11.1 Å². The Hall–Kier alpha value is -2.58. The maximum Gasteiger partial charge on any atom is 0.422 e. The SMILES string of the molecule is Cc1cc(Cn2cc(C(=O)O)cn2)cnc1OCC(F)(F)F. The third-order valence-corrected chi connectivity index (χ3v) is 2.68. The molecule has 0 atom stereocenters. The minimum atomic E-state index is -4.42. The lowest BCUT2D eigenvalue weighted by atomic mass is 10.2. The lowest BCUT2D eigenvalue weighted by Gasteiger charge is -2.11. The number of pyridine rings is 1. The fourth-order valence-corrected chi connectivity index (χ4v) is 1.76. The minimum absolute atomic E-state index is 0.0508. The Kier molecular flexibility index (Phi) is 4.34. The van der Waals surface area contributed by atoms with Gasteiger partial charge in [0.05, 0.1) is 18.3 Å². The van der Waals surface area contributed by atoms with E-state index in [1.807, 2.05) is 0 Å². The van der Waals surface area contributed by atoms with E-state index in [2.05, 4.69) is 14.8 Å². The maximum atomic E-state index is 12.1. The lowest BCUT2D eigenvalue weighted by Crippen LogP contribution is -2.20. The molecular weight excluding hydrogens is 303 g/mol. The monoisotopic (exact) mass is 315 g/mol. The largest absolute Gasteiger partial charge is 0.478 e. The molecule has 0 unspecified atom stereocenters. The van der Waals surface area contributed by atoms with Crippen LogP contribution in [0.15, 0.2) is 24.7 Å². The summed E-state index contributed by atoms with van der Waals surface area (Å²) in [5.74, 6) is -1.18. The van der Waals surface area contributed by atoms with Crippen LogP contribution in [0.2, 0.25) is 0 Å². The summed E-state index contributed by atoms with van der Waals surface area (Å²) < 4.78 is 42.3. The van der Waals surface area contributed by atoms with E-state index in [0.717, 1.165) is 0 Å². The number of hydrogen-bond donors (Lipinski definition) is 1. The molecule has 9 heteroatoms. The van der Waals surface area contributed by atoms with Crippen LogP contribution in [-0.2, 0) is 6.54 Å². The van der Waals surface area contributed by atoms with Crippen LogP contribution < -0.4 is 4.74 Å². The quantitative estimate of drug-likeness (QED) is 0.916. The predicted molar refractivity (Wildman–Crippen MR) is 68.8 cm³/mol. The molecule has 0 saturated carbocycles. The first-order valence-electron chi connectivity index (χ1n) is 6.15. The van der Waals surface area contributed by atoms with Crippen molar-refractivity contribution in [1.29, 1.82) is 0 Å². The zero-order valence-electron chi connectivity index (χ0n) is 11.5. The second-order valence-electron chi connectivity index (χ2n) is 4.60. The van der Waals surface area contributed by atoms with Gasteiger partial charge in [0.2, 0.25) is 5.88 Å². The first-order valence-corrected chi connectivity index (χ1v) is 6.15. The van der Waals surface area contributed by atoms with Crippen LogP contribution in [0.4, 0.5) is 13.2 Å². The number of ether oxygens (including phenoxy) is 1. The standard InChI is InChI=1S/C13H12F3N3O3/c1-8-2-9(3-17-11(8)22-7-13(14,15)16)5-19-6-10(4-18-19)12(20)21/h2-4,6H,5,7H2,1H3,(H,20,21). The van der Waals surface area contributed by atoms with Crippen molar-refractivity contribution in [3.63, 3.8) is 0 Å². The van der Waals surface area contributed by atoms with Gasteiger partial charge >= 0.3 is 12.1 Å². The number of carboxylic acid groups (broad SMARTS) is 1. The molecule has 2 aromatic heterocycles. The fraction of sp³-hybridized carbons (Fsp3) is 0.308. The molecule has 0 aliphatic carbocycles. The molecule has 2 rings (SSSR count). The van der Waals surface area contributed by atoms with Gasteiger partial charge < -0.3 is 9.84 Å². The molecular formula is C13H12F3N3O3. The van der Waals surface area contributed by atoms with Gasteiger partial charge in [-0.3, -0.25) is 4.68 Å². The molecule has 0 aliphatic heterocycles. The summed E-state index contributed by atoms with van der Waals surface area (Å²) in [6, 6.07) is 1.61. The molecule has 0 amide bonds. The highest BCUT2D eigenvalue weighted by Gasteiger charge is 2.28. The number of aryl methyl sites for hydroxylation is 1. The van der Waals surface area contributed by atoms with Crippen LogP contribution in [0, 0.1) is 6.92 Å². The summed E-state index contributed by atoms with van der Waals surface area (Å²) >= 11 is 0. The Morgan fingerprint density at radius 2 is 2.14 bits per heavy atom. The summed E-state index contributed by atoms with van der Waals surface area (Å²) in [5, 5.41) is 12.7. The molecule has 0 bridgehead atoms. The van der Waals surface area contributed by atoms with Crippen molar-refractivity contribution < 1.29 is 27.8 Å². The number of aromatic carboxylic acids is 1. The van der Waals surface area contributed by atoms with Crippen LogP contribution in [0.1, 0.15) is 21.5 Å². The normalized spacial score (nSPS) is 11.5. The van der Waals surface area contributed by atoms with E-state index in [1.54, 1.807) is 13.0 Å². The van der Waals surface area contributed by atoms with Gasteiger partial charge in [-0.25, -0.2) is 9.78 Å². The van der Waals surface area contributed by atoms with Gasteiger partial charge in [0, 0.05) is 18.0 Å². The molecule has 6 nitrogen and oxygen atoms in total. The number of carbonyl (C=O) groups is 1. The molecule has 0 fully saturated rings. The van der Waals surface area contributed by atoms with Crippen molar-refractivity contribution >= 4 is 5.97 Å². The summed E-state index contributed by atoms with van der Waals surface area (Å²) in [6.45, 7) is 0.427. The topological polar surface area (TPSA) is 77.2 Å². The van der Waals surface area contributed by atoms with E-state index >= 15 is 0 Å². The van der Waals surface area contributed by atoms with Crippen molar-refractivity contribution in [1.82, 2.24) is 14.8 Å². The van der Waals surface area contributed by atoms with E-state index in [-0.39, 0.29) is 18.0 Å². The molecule has 2 heterocycles. The van der Waals surface area contributed by atoms with Gasteiger partial charge in [0.25, 0.3) is 0 Å². The molecule has 118 valence electrons. The van der Waals surface area contributed by atoms with Crippen molar-refractivity contribution in [2.75, 3.05) is 6.61 Å². The third-order valence-electron chi connectivity index (χ3n) is 2.68. The molecule has 0 aliphatic rings. The molecule has 0 radical (unpaired) electrons. The van der Waals surface area contributed by atoms with Gasteiger partial charge in [0.15, 0.2) is 6.61 Å². The third kappa shape index (κ3) is 4.21. The van der Waals surface area contributed by atoms with Gasteiger partial charge in [-0.15, -0.1) is 0 Å². The highest BCUT2D eigenvalue weighted by Crippen LogP contribution is 2.20. The number of nitrogens with zero attached hydrogens (tertiary/aromatic N) is 3. The number of aromatic nitrogens is 3. The highest BCUT2D eigenvalue weighted by molar-refractivity contribution is 5.86. The number of carboxylic acids is 1. The molecule has 0 saturated heterocycles. The van der Waals surface area contributed by atoms with Crippen LogP contribution in [0.5, 0.6) is 5.88 Å². The number of rotatable bonds is 5. The second-order valence-corrected chi connectivity index (χ2v) is 4.60. The van der Waals surface area contributed by atoms with Crippen molar-refractivity contribution in [2.24, 2.45) is 0 Å². The van der Waals surface area contributed by atoms with Crippen LogP contribution in [0.3, 0.4) is 0 Å². The second kappa shape index (κ2) is 6.04. The predicted octanol–water partition coefficient (Wildman–Crippen LogP) is 2.27. The zero-order chi connectivity index (χ0) is 16.3. The van der Waals surface area contributed by atoms with Crippen LogP contribution in [-0.4, -0.2) is 38.6 Å². The van der Waals surface area contributed by atoms with Crippen LogP contribution in [0.25, 0.3) is 0 Å². The molecule has 22 heavy (non-hydrogen) atoms. The fourth-order valence-electron chi connectivity index (χ4n) is 1.76. The Morgan fingerprint density at radius 1 is 1.41 bits per heavy atom. The van der Waals surface area contributed by atoms with Gasteiger partial charge in [-0.05, 0) is 18.6 Å². The van der Waals surface area contributed by atoms with E-state index < -0.39 is 18.8 Å². The zero-order valence-corrected chi connectivity index (χ0v) is 11.5. The van der Waals surface area contributed by atoms with Crippen molar-refractivity contribution in [3.8, 4) is 5.88 Å². The van der Waals surface area contributed by atoms with Crippen molar-refractivity contribution in [2.45, 2.75) is 19.6 Å². The van der Waals surface area contributed by atoms with Crippen molar-refractivity contribution in [3.05, 3.63) is 41.3 Å². The Labute approximate surface area is 123 Å². The summed E-state index contributed by atoms with van der Waals surface area (Å²) in [7, 11) is 0. The van der Waals surface area contributed by atoms with E-state index in [9.17, 15) is 18.0 Å². The number of alkyl halides is 3. The van der Waals surface area contributed by atoms with E-state index in [4.69, 9.17) is 5.11 Å². The van der Waals surface area contributed by atoms with Gasteiger partial charge in [-0.1, -0.05) is 0 Å². The lowest BCUT2D eigenvalue weighted by molar-refractivity contribution is -0.154. The summed E-state index contributed by atoms with van der Waals surface area (Å²) in [5.41, 5.74) is 1.17. The highest BCUT2D eigenvalue weighted by atomic mass is 19.4. The number of halogens is 3. The first-order chi connectivity index (χ1) is 10.2. The Morgan fingerprint density at radius 3 is 2.68 bits per heavy atom. The molecule has 0 aromatic carbocycles. The smallest absolute Gasteiger partial charge is 0.422 e. The summed E-state index contributed by atoms with van der Waals surface area (Å²) in [6.07, 6.45) is -0.495. The maximum absolute atomic E-state index is 12.1.